The first-order chi connectivity index (χ1) is 17.0. The Bertz CT molecular complexity index is 1580. The van der Waals surface area contributed by atoms with Gasteiger partial charge in [-0.05, 0) is 40.6 Å². The van der Waals surface area contributed by atoms with Gasteiger partial charge >= 0.3 is 0 Å². The molecule has 35 heavy (non-hydrogen) atoms. The summed E-state index contributed by atoms with van der Waals surface area (Å²) in [5, 5.41) is 25.5. The molecule has 2 aromatic carbocycles. The second-order valence-electron chi connectivity index (χ2n) is 6.93. The van der Waals surface area contributed by atoms with Gasteiger partial charge < -0.3 is 9.73 Å². The predicted molar refractivity (Wildman–Crippen MR) is 124 cm³/mol. The van der Waals surface area contributed by atoms with Crippen LogP contribution in [-0.2, 0) is 0 Å². The van der Waals surface area contributed by atoms with Crippen LogP contribution in [0.3, 0.4) is 0 Å². The molecule has 3 heterocycles. The summed E-state index contributed by atoms with van der Waals surface area (Å²) < 4.78 is 24.4. The highest BCUT2D eigenvalue weighted by Crippen LogP contribution is 2.32. The van der Waals surface area contributed by atoms with Gasteiger partial charge in [0.2, 0.25) is 11.3 Å². The number of hydrazone groups is 1. The van der Waals surface area contributed by atoms with Crippen LogP contribution in [0.2, 0.25) is 5.02 Å². The summed E-state index contributed by atoms with van der Waals surface area (Å²) in [5.74, 6) is 0.373. The molecule has 0 fully saturated rings. The summed E-state index contributed by atoms with van der Waals surface area (Å²) in [5.41, 5.74) is 3.32. The number of non-ortho nitro benzene ring substituents is 1. The van der Waals surface area contributed by atoms with Crippen molar-refractivity contribution in [3.05, 3.63) is 81.3 Å². The predicted octanol–water partition coefficient (Wildman–Crippen LogP) is 5.16. The van der Waals surface area contributed by atoms with Crippen LogP contribution < -0.4 is 10.7 Å². The van der Waals surface area contributed by atoms with Gasteiger partial charge in [-0.2, -0.15) is 10.1 Å². The van der Waals surface area contributed by atoms with E-state index in [0.29, 0.717) is 22.1 Å². The maximum Gasteiger partial charge on any atom is 0.270 e. The van der Waals surface area contributed by atoms with Crippen molar-refractivity contribution in [2.24, 2.45) is 5.10 Å². The van der Waals surface area contributed by atoms with Crippen LogP contribution in [-0.4, -0.2) is 31.4 Å². The van der Waals surface area contributed by atoms with Gasteiger partial charge in [-0.15, -0.1) is 0 Å². The van der Waals surface area contributed by atoms with Crippen molar-refractivity contribution in [1.82, 2.24) is 20.3 Å². The fraction of sp³-hybridized carbons (Fsp3) is 0. The number of rotatable bonds is 7. The van der Waals surface area contributed by atoms with Gasteiger partial charge in [0.15, 0.2) is 11.6 Å². The Morgan fingerprint density at radius 3 is 2.60 bits per heavy atom. The molecule has 174 valence electrons. The first-order valence-corrected chi connectivity index (χ1v) is 10.2. The van der Waals surface area contributed by atoms with Crippen LogP contribution in [0.4, 0.5) is 27.4 Å². The molecule has 0 saturated heterocycles. The topological polar surface area (TPSA) is 157 Å². The van der Waals surface area contributed by atoms with E-state index in [-0.39, 0.29) is 34.3 Å². The summed E-state index contributed by atoms with van der Waals surface area (Å²) in [6.07, 6.45) is 1.34. The quantitative estimate of drug-likeness (QED) is 0.176. The number of anilines is 3. The molecule has 0 spiro atoms. The Kier molecular flexibility index (Phi) is 5.73. The SMILES string of the molecule is O=[N+]([O-])c1ccc(Cl)c(-c2ccc(/C=N/Nc3nc4nonc4nc3Nc3ccccc3F)o2)c1. The highest BCUT2D eigenvalue weighted by molar-refractivity contribution is 6.33. The number of nitrogens with one attached hydrogen (secondary N) is 2. The van der Waals surface area contributed by atoms with E-state index in [9.17, 15) is 14.5 Å². The third kappa shape index (κ3) is 4.60. The Labute approximate surface area is 199 Å². The number of nitro benzene ring substituents is 1. The number of nitrogens with zero attached hydrogens (tertiary/aromatic N) is 6. The molecule has 3 aromatic heterocycles. The Hall–Kier alpha value is -4.91. The number of hydrogen-bond donors (Lipinski definition) is 2. The molecule has 2 N–H and O–H groups in total. The van der Waals surface area contributed by atoms with Crippen LogP contribution in [0.15, 0.2) is 68.7 Å². The van der Waals surface area contributed by atoms with Crippen LogP contribution in [0.25, 0.3) is 22.6 Å². The fourth-order valence-electron chi connectivity index (χ4n) is 3.03. The van der Waals surface area contributed by atoms with E-state index in [0.717, 1.165) is 0 Å². The van der Waals surface area contributed by atoms with E-state index in [2.05, 4.69) is 40.8 Å². The van der Waals surface area contributed by atoms with E-state index in [1.807, 2.05) is 0 Å². The molecule has 0 bridgehead atoms. The minimum atomic E-state index is -0.524. The van der Waals surface area contributed by atoms with Crippen molar-refractivity contribution in [2.75, 3.05) is 10.7 Å². The standard InChI is InChI=1S/C21H12ClFN8O4/c22-14-7-5-11(31(32)33)9-13(14)17-8-6-12(34-17)10-24-28-19-18(25-16-4-2-1-3-15(16)23)26-20-21(27-19)30-35-29-20/h1-10H,(H,25,26,29)(H,27,28,30)/b24-10+. The average molecular weight is 495 g/mol. The molecule has 12 nitrogen and oxygen atoms in total. The van der Waals surface area contributed by atoms with Crippen molar-refractivity contribution < 1.29 is 18.4 Å². The van der Waals surface area contributed by atoms with Gasteiger partial charge in [-0.3, -0.25) is 15.5 Å². The summed E-state index contributed by atoms with van der Waals surface area (Å²) in [7, 11) is 0. The second kappa shape index (κ2) is 9.15. The molecule has 5 aromatic rings. The van der Waals surface area contributed by atoms with Crippen LogP contribution >= 0.6 is 11.6 Å². The number of aromatic nitrogens is 4. The molecule has 0 aliphatic heterocycles. The molecule has 14 heteroatoms. The fourth-order valence-corrected chi connectivity index (χ4v) is 3.24. The molecule has 5 rings (SSSR count). The first kappa shape index (κ1) is 21.9. The summed E-state index contributed by atoms with van der Waals surface area (Å²) >= 11 is 6.17. The summed E-state index contributed by atoms with van der Waals surface area (Å²) in [4.78, 5) is 19.0. The second-order valence-corrected chi connectivity index (χ2v) is 7.34. The lowest BCUT2D eigenvalue weighted by molar-refractivity contribution is -0.384. The first-order valence-electron chi connectivity index (χ1n) is 9.83. The molecule has 0 unspecified atom stereocenters. The van der Waals surface area contributed by atoms with Gasteiger partial charge in [0.1, 0.15) is 17.3 Å². The number of benzene rings is 2. The zero-order chi connectivity index (χ0) is 24.4. The number of nitro groups is 1. The van der Waals surface area contributed by atoms with Gasteiger partial charge in [-0.1, -0.05) is 23.7 Å². The zero-order valence-electron chi connectivity index (χ0n) is 17.3. The van der Waals surface area contributed by atoms with Gasteiger partial charge in [0.05, 0.1) is 21.8 Å². The molecular formula is C21H12ClFN8O4. The smallest absolute Gasteiger partial charge is 0.270 e. The summed E-state index contributed by atoms with van der Waals surface area (Å²) in [6.45, 7) is 0. The van der Waals surface area contributed by atoms with E-state index >= 15 is 0 Å². The van der Waals surface area contributed by atoms with E-state index < -0.39 is 10.7 Å². The Morgan fingerprint density at radius 1 is 1.06 bits per heavy atom. The lowest BCUT2D eigenvalue weighted by Crippen LogP contribution is -2.04. The normalized spacial score (nSPS) is 11.3. The maximum absolute atomic E-state index is 14.1. The van der Waals surface area contributed by atoms with Gasteiger partial charge in [-0.25, -0.2) is 14.0 Å². The third-order valence-corrected chi connectivity index (χ3v) is 4.99. The monoisotopic (exact) mass is 494 g/mol. The van der Waals surface area contributed by atoms with Gasteiger partial charge in [0, 0.05) is 17.7 Å². The van der Waals surface area contributed by atoms with Crippen molar-refractivity contribution in [2.45, 2.75) is 0 Å². The third-order valence-electron chi connectivity index (χ3n) is 4.66. The number of furan rings is 1. The average Bonchev–Trinajstić information content (AvgIpc) is 3.50. The van der Waals surface area contributed by atoms with Crippen molar-refractivity contribution >= 4 is 52.1 Å². The van der Waals surface area contributed by atoms with Crippen molar-refractivity contribution in [1.29, 1.82) is 0 Å². The lowest BCUT2D eigenvalue weighted by Gasteiger charge is -2.09. The molecule has 0 radical (unpaired) electrons. The van der Waals surface area contributed by atoms with Crippen LogP contribution in [0.1, 0.15) is 5.76 Å². The van der Waals surface area contributed by atoms with E-state index in [1.165, 1.54) is 36.5 Å². The molecule has 0 aliphatic rings. The van der Waals surface area contributed by atoms with Gasteiger partial charge in [0.25, 0.3) is 5.69 Å². The Morgan fingerprint density at radius 2 is 1.83 bits per heavy atom. The highest BCUT2D eigenvalue weighted by Gasteiger charge is 2.15. The minimum absolute atomic E-state index is 0.112. The lowest BCUT2D eigenvalue weighted by atomic mass is 10.1. The molecular weight excluding hydrogens is 483 g/mol. The summed E-state index contributed by atoms with van der Waals surface area (Å²) in [6, 6.07) is 13.3. The van der Waals surface area contributed by atoms with Crippen LogP contribution in [0.5, 0.6) is 0 Å². The molecule has 0 aliphatic carbocycles. The highest BCUT2D eigenvalue weighted by atomic mass is 35.5. The van der Waals surface area contributed by atoms with E-state index in [4.69, 9.17) is 16.0 Å². The number of halogens is 2. The molecule has 0 atom stereocenters. The van der Waals surface area contributed by atoms with Crippen molar-refractivity contribution in [3.63, 3.8) is 0 Å². The van der Waals surface area contributed by atoms with E-state index in [1.54, 1.807) is 24.3 Å². The minimum Gasteiger partial charge on any atom is -0.455 e. The van der Waals surface area contributed by atoms with Crippen molar-refractivity contribution in [3.8, 4) is 11.3 Å². The number of para-hydroxylation sites is 1. The number of hydrogen-bond acceptors (Lipinski definition) is 11. The maximum atomic E-state index is 14.1. The van der Waals surface area contributed by atoms with Crippen LogP contribution in [0, 0.1) is 15.9 Å². The largest absolute Gasteiger partial charge is 0.455 e. The molecule has 0 saturated carbocycles. The number of fused-ring (bicyclic) bond motifs is 1. The zero-order valence-corrected chi connectivity index (χ0v) is 18.1. The Balaban J connectivity index is 1.39. The molecule has 0 amide bonds.